The molecule has 4 rings (SSSR count). The lowest BCUT2D eigenvalue weighted by molar-refractivity contribution is -0.126. The third kappa shape index (κ3) is 4.24. The Labute approximate surface area is 185 Å². The second-order valence-electron chi connectivity index (χ2n) is 8.08. The Bertz CT molecular complexity index is 938. The number of ether oxygens (including phenoxy) is 1. The van der Waals surface area contributed by atoms with Crippen molar-refractivity contribution in [3.63, 3.8) is 0 Å². The minimum Gasteiger partial charge on any atom is -0.496 e. The summed E-state index contributed by atoms with van der Waals surface area (Å²) >= 11 is 3.50. The first-order chi connectivity index (χ1) is 14.6. The van der Waals surface area contributed by atoms with E-state index in [0.717, 1.165) is 41.3 Å². The van der Waals surface area contributed by atoms with Gasteiger partial charge in [0.1, 0.15) is 11.8 Å². The fraction of sp³-hybridized carbons (Fsp3) is 0.417. The van der Waals surface area contributed by atoms with E-state index in [1.165, 1.54) is 12.8 Å². The van der Waals surface area contributed by atoms with Crippen molar-refractivity contribution in [2.75, 3.05) is 7.11 Å². The number of methoxy groups -OCH3 is 1. The molecular weight excluding hydrogens is 444 g/mol. The molecule has 0 radical (unpaired) electrons. The average molecular weight is 471 g/mol. The molecule has 6 heteroatoms. The number of rotatable bonds is 5. The average Bonchev–Trinajstić information content (AvgIpc) is 2.89. The van der Waals surface area contributed by atoms with E-state index >= 15 is 0 Å². The summed E-state index contributed by atoms with van der Waals surface area (Å²) in [6.07, 6.45) is 6.76. The molecule has 1 atom stereocenters. The summed E-state index contributed by atoms with van der Waals surface area (Å²) in [7, 11) is 1.61. The summed E-state index contributed by atoms with van der Waals surface area (Å²) in [5, 5.41) is 3.24. The van der Waals surface area contributed by atoms with Crippen LogP contribution in [0, 0.1) is 0 Å². The summed E-state index contributed by atoms with van der Waals surface area (Å²) in [5.41, 5.74) is 2.25. The van der Waals surface area contributed by atoms with Crippen molar-refractivity contribution in [3.05, 3.63) is 63.6 Å². The van der Waals surface area contributed by atoms with E-state index in [1.807, 2.05) is 42.5 Å². The molecule has 30 heavy (non-hydrogen) atoms. The van der Waals surface area contributed by atoms with Crippen molar-refractivity contribution in [3.8, 4) is 5.75 Å². The molecule has 1 heterocycles. The van der Waals surface area contributed by atoms with Crippen LogP contribution in [-0.4, -0.2) is 29.9 Å². The van der Waals surface area contributed by atoms with Gasteiger partial charge in [-0.05, 0) is 42.7 Å². The van der Waals surface area contributed by atoms with E-state index in [1.54, 1.807) is 12.0 Å². The molecule has 1 aliphatic carbocycles. The molecule has 0 aromatic heterocycles. The van der Waals surface area contributed by atoms with Gasteiger partial charge in [0.25, 0.3) is 5.91 Å². The number of nitrogens with one attached hydrogen (secondary N) is 1. The summed E-state index contributed by atoms with van der Waals surface area (Å²) in [4.78, 5) is 28.3. The number of fused-ring (bicyclic) bond motifs is 1. The van der Waals surface area contributed by atoms with Crippen molar-refractivity contribution in [1.29, 1.82) is 0 Å². The zero-order valence-electron chi connectivity index (χ0n) is 17.2. The van der Waals surface area contributed by atoms with Crippen LogP contribution in [-0.2, 0) is 11.3 Å². The van der Waals surface area contributed by atoms with E-state index in [-0.39, 0.29) is 17.9 Å². The van der Waals surface area contributed by atoms with E-state index in [0.29, 0.717) is 17.9 Å². The van der Waals surface area contributed by atoms with Gasteiger partial charge in [0, 0.05) is 21.6 Å². The second kappa shape index (κ2) is 9.21. The van der Waals surface area contributed by atoms with Crippen molar-refractivity contribution in [1.82, 2.24) is 10.2 Å². The largest absolute Gasteiger partial charge is 0.496 e. The number of amides is 2. The highest BCUT2D eigenvalue weighted by molar-refractivity contribution is 9.10. The molecule has 0 bridgehead atoms. The van der Waals surface area contributed by atoms with Crippen LogP contribution in [0.1, 0.15) is 66.1 Å². The molecule has 158 valence electrons. The highest BCUT2D eigenvalue weighted by Gasteiger charge is 2.41. The Balaban J connectivity index is 1.63. The molecule has 5 nitrogen and oxygen atoms in total. The maximum absolute atomic E-state index is 13.4. The molecule has 1 fully saturated rings. The number of hydrogen-bond acceptors (Lipinski definition) is 3. The van der Waals surface area contributed by atoms with Gasteiger partial charge < -0.3 is 15.0 Å². The second-order valence-corrected chi connectivity index (χ2v) is 8.99. The third-order valence-corrected chi connectivity index (χ3v) is 6.58. The molecule has 1 N–H and O–H groups in total. The topological polar surface area (TPSA) is 58.6 Å². The minimum absolute atomic E-state index is 0.0887. The molecule has 2 aromatic rings. The lowest BCUT2D eigenvalue weighted by Gasteiger charge is -2.27. The van der Waals surface area contributed by atoms with E-state index in [4.69, 9.17) is 4.74 Å². The van der Waals surface area contributed by atoms with Gasteiger partial charge in [0.05, 0.1) is 13.7 Å². The van der Waals surface area contributed by atoms with Crippen molar-refractivity contribution in [2.24, 2.45) is 0 Å². The van der Waals surface area contributed by atoms with Gasteiger partial charge >= 0.3 is 0 Å². The number of hydrogen-bond donors (Lipinski definition) is 1. The molecule has 2 amide bonds. The van der Waals surface area contributed by atoms with Gasteiger partial charge in [-0.1, -0.05) is 59.8 Å². The van der Waals surface area contributed by atoms with Crippen molar-refractivity contribution < 1.29 is 14.3 Å². The SMILES string of the molecule is COc1ccc(Br)cc1CN1C(=O)c2ccccc2[C@@H]1C(=O)NC1CCCCCC1. The monoisotopic (exact) mass is 470 g/mol. The first-order valence-electron chi connectivity index (χ1n) is 10.6. The number of halogens is 1. The van der Waals surface area contributed by atoms with E-state index in [9.17, 15) is 9.59 Å². The Kier molecular flexibility index (Phi) is 6.42. The molecule has 0 unspecified atom stereocenters. The number of carbonyl (C=O) groups excluding carboxylic acids is 2. The van der Waals surface area contributed by atoms with E-state index in [2.05, 4.69) is 21.2 Å². The van der Waals surface area contributed by atoms with Gasteiger partial charge in [0.2, 0.25) is 5.91 Å². The standard InChI is InChI=1S/C24H27BrN2O3/c1-30-21-13-12-17(25)14-16(21)15-27-22(19-10-6-7-11-20(19)24(27)29)23(28)26-18-8-4-2-3-5-9-18/h6-7,10-14,18,22H,2-5,8-9,15H2,1H3,(H,26,28)/t22-/m1/s1. The lowest BCUT2D eigenvalue weighted by atomic mass is 10.0. The molecule has 1 saturated carbocycles. The quantitative estimate of drug-likeness (QED) is 0.625. The Hall–Kier alpha value is -2.34. The van der Waals surface area contributed by atoms with Crippen LogP contribution in [0.4, 0.5) is 0 Å². The summed E-state index contributed by atoms with van der Waals surface area (Å²) in [6.45, 7) is 0.304. The minimum atomic E-state index is -0.624. The van der Waals surface area contributed by atoms with Crippen molar-refractivity contribution in [2.45, 2.75) is 57.2 Å². The first kappa shape index (κ1) is 20.9. The first-order valence-corrected chi connectivity index (χ1v) is 11.4. The third-order valence-electron chi connectivity index (χ3n) is 6.09. The highest BCUT2D eigenvalue weighted by atomic mass is 79.9. The van der Waals surface area contributed by atoms with Crippen molar-refractivity contribution >= 4 is 27.7 Å². The van der Waals surface area contributed by atoms with Gasteiger partial charge in [-0.25, -0.2) is 0 Å². The van der Waals surface area contributed by atoms with E-state index < -0.39 is 6.04 Å². The summed E-state index contributed by atoms with van der Waals surface area (Å²) in [5.74, 6) is 0.493. The smallest absolute Gasteiger partial charge is 0.255 e. The van der Waals surface area contributed by atoms with Crippen LogP contribution in [0.15, 0.2) is 46.9 Å². The van der Waals surface area contributed by atoms with Gasteiger partial charge in [-0.3, -0.25) is 9.59 Å². The molecular formula is C24H27BrN2O3. The van der Waals surface area contributed by atoms with Gasteiger partial charge in [-0.2, -0.15) is 0 Å². The predicted molar refractivity (Wildman–Crippen MR) is 119 cm³/mol. The fourth-order valence-corrected chi connectivity index (χ4v) is 4.98. The van der Waals surface area contributed by atoms with Crippen LogP contribution in [0.2, 0.25) is 0 Å². The maximum Gasteiger partial charge on any atom is 0.255 e. The molecule has 2 aromatic carbocycles. The maximum atomic E-state index is 13.4. The Morgan fingerprint density at radius 3 is 2.60 bits per heavy atom. The molecule has 2 aliphatic rings. The zero-order chi connectivity index (χ0) is 21.1. The normalized spacial score (nSPS) is 19.3. The summed E-state index contributed by atoms with van der Waals surface area (Å²) < 4.78 is 6.40. The number of carbonyl (C=O) groups is 2. The number of nitrogens with zero attached hydrogens (tertiary/aromatic N) is 1. The summed E-state index contributed by atoms with van der Waals surface area (Å²) in [6, 6.07) is 12.7. The molecule has 0 spiro atoms. The van der Waals surface area contributed by atoms with Crippen LogP contribution in [0.5, 0.6) is 5.75 Å². The van der Waals surface area contributed by atoms with Crippen LogP contribution < -0.4 is 10.1 Å². The zero-order valence-corrected chi connectivity index (χ0v) is 18.8. The molecule has 1 aliphatic heterocycles. The lowest BCUT2D eigenvalue weighted by Crippen LogP contribution is -2.43. The van der Waals surface area contributed by atoms with Gasteiger partial charge in [0.15, 0.2) is 0 Å². The fourth-order valence-electron chi connectivity index (χ4n) is 4.57. The van der Waals surface area contributed by atoms with Crippen LogP contribution in [0.25, 0.3) is 0 Å². The number of benzene rings is 2. The highest BCUT2D eigenvalue weighted by Crippen LogP contribution is 2.37. The van der Waals surface area contributed by atoms with Crippen LogP contribution >= 0.6 is 15.9 Å². The molecule has 0 saturated heterocycles. The van der Waals surface area contributed by atoms with Crippen LogP contribution in [0.3, 0.4) is 0 Å². The predicted octanol–water partition coefficient (Wildman–Crippen LogP) is 4.99. The Morgan fingerprint density at radius 2 is 1.87 bits per heavy atom. The van der Waals surface area contributed by atoms with Gasteiger partial charge in [-0.15, -0.1) is 0 Å². The Morgan fingerprint density at radius 1 is 1.13 bits per heavy atom.